The summed E-state index contributed by atoms with van der Waals surface area (Å²) < 4.78 is 6.12. The molecule has 3 rings (SSSR count). The normalized spacial score (nSPS) is 17.2. The molecule has 0 saturated carbocycles. The van der Waals surface area contributed by atoms with Gasteiger partial charge in [0.1, 0.15) is 5.75 Å². The molecule has 1 unspecified atom stereocenters. The number of fused-ring (bicyclic) bond motifs is 1. The quantitative estimate of drug-likeness (QED) is 0.782. The Morgan fingerprint density at radius 1 is 1.00 bits per heavy atom. The summed E-state index contributed by atoms with van der Waals surface area (Å²) in [7, 11) is 0. The molecule has 0 spiro atoms. The zero-order chi connectivity index (χ0) is 14.2. The molecule has 0 N–H and O–H groups in total. The molecule has 1 atom stereocenters. The second kappa shape index (κ2) is 4.97. The predicted octanol–water partition coefficient (Wildman–Crippen LogP) is 4.70. The molecule has 0 aliphatic heterocycles. The highest BCUT2D eigenvalue weighted by atomic mass is 16.5. The molecule has 1 aliphatic carbocycles. The van der Waals surface area contributed by atoms with Gasteiger partial charge in [-0.3, -0.25) is 0 Å². The van der Waals surface area contributed by atoms with Crippen LogP contribution in [0.1, 0.15) is 43.4 Å². The molecule has 0 radical (unpaired) electrons. The maximum Gasteiger partial charge on any atom is 0.123 e. The van der Waals surface area contributed by atoms with E-state index in [0.29, 0.717) is 5.92 Å². The Hall–Kier alpha value is -1.76. The minimum atomic E-state index is 0.119. The fourth-order valence-electron chi connectivity index (χ4n) is 2.91. The molecule has 1 aliphatic rings. The van der Waals surface area contributed by atoms with Gasteiger partial charge in [0, 0.05) is 5.92 Å². The summed E-state index contributed by atoms with van der Waals surface area (Å²) in [4.78, 5) is 0. The fourth-order valence-corrected chi connectivity index (χ4v) is 2.91. The van der Waals surface area contributed by atoms with E-state index in [1.54, 1.807) is 0 Å². The maximum absolute atomic E-state index is 6.12. The molecule has 0 aromatic heterocycles. The van der Waals surface area contributed by atoms with Gasteiger partial charge in [0.2, 0.25) is 0 Å². The van der Waals surface area contributed by atoms with Gasteiger partial charge in [-0.25, -0.2) is 0 Å². The highest BCUT2D eigenvalue weighted by Crippen LogP contribution is 2.36. The Kier molecular flexibility index (Phi) is 3.29. The topological polar surface area (TPSA) is 9.23 Å². The number of rotatable bonds is 3. The SMILES string of the molecule is CC(C)(C)c1ccccc1OCC1Cc2ccccc21. The van der Waals surface area contributed by atoms with Crippen LogP contribution in [0.5, 0.6) is 5.75 Å². The van der Waals surface area contributed by atoms with Crippen LogP contribution in [-0.2, 0) is 11.8 Å². The molecule has 1 heteroatoms. The van der Waals surface area contributed by atoms with Crippen molar-refractivity contribution in [2.45, 2.75) is 38.5 Å². The molecule has 0 bridgehead atoms. The Balaban J connectivity index is 1.72. The third-order valence-electron chi connectivity index (χ3n) is 4.10. The van der Waals surface area contributed by atoms with Crippen molar-refractivity contribution in [1.82, 2.24) is 0 Å². The first-order valence-electron chi connectivity index (χ1n) is 7.36. The van der Waals surface area contributed by atoms with Gasteiger partial charge in [-0.05, 0) is 34.6 Å². The fraction of sp³-hybridized carbons (Fsp3) is 0.368. The minimum absolute atomic E-state index is 0.119. The molecular weight excluding hydrogens is 244 g/mol. The first-order chi connectivity index (χ1) is 9.55. The van der Waals surface area contributed by atoms with Crippen LogP contribution >= 0.6 is 0 Å². The molecule has 104 valence electrons. The Morgan fingerprint density at radius 3 is 2.45 bits per heavy atom. The largest absolute Gasteiger partial charge is 0.493 e. The Morgan fingerprint density at radius 2 is 1.70 bits per heavy atom. The van der Waals surface area contributed by atoms with Crippen LogP contribution in [0, 0.1) is 0 Å². The second-order valence-electron chi connectivity index (χ2n) is 6.66. The third-order valence-corrected chi connectivity index (χ3v) is 4.10. The molecule has 1 nitrogen and oxygen atoms in total. The molecule has 0 amide bonds. The van der Waals surface area contributed by atoms with E-state index >= 15 is 0 Å². The van der Waals surface area contributed by atoms with Gasteiger partial charge >= 0.3 is 0 Å². The van der Waals surface area contributed by atoms with Crippen molar-refractivity contribution >= 4 is 0 Å². The van der Waals surface area contributed by atoms with Crippen LogP contribution in [0.4, 0.5) is 0 Å². The lowest BCUT2D eigenvalue weighted by Gasteiger charge is -2.31. The number of hydrogen-bond acceptors (Lipinski definition) is 1. The van der Waals surface area contributed by atoms with Crippen molar-refractivity contribution < 1.29 is 4.74 Å². The predicted molar refractivity (Wildman–Crippen MR) is 83.5 cm³/mol. The number of para-hydroxylation sites is 1. The van der Waals surface area contributed by atoms with E-state index in [4.69, 9.17) is 4.74 Å². The maximum atomic E-state index is 6.12. The zero-order valence-electron chi connectivity index (χ0n) is 12.5. The van der Waals surface area contributed by atoms with Crippen LogP contribution in [-0.4, -0.2) is 6.61 Å². The van der Waals surface area contributed by atoms with Gasteiger partial charge in [-0.2, -0.15) is 0 Å². The molecule has 0 saturated heterocycles. The van der Waals surface area contributed by atoms with Gasteiger partial charge in [-0.15, -0.1) is 0 Å². The molecule has 0 fully saturated rings. The van der Waals surface area contributed by atoms with E-state index in [1.807, 2.05) is 0 Å². The van der Waals surface area contributed by atoms with Gasteiger partial charge in [0.05, 0.1) is 6.61 Å². The summed E-state index contributed by atoms with van der Waals surface area (Å²) >= 11 is 0. The van der Waals surface area contributed by atoms with Crippen molar-refractivity contribution in [3.05, 3.63) is 65.2 Å². The van der Waals surface area contributed by atoms with E-state index < -0.39 is 0 Å². The van der Waals surface area contributed by atoms with Gasteiger partial charge in [0.15, 0.2) is 0 Å². The van der Waals surface area contributed by atoms with Crippen molar-refractivity contribution in [2.24, 2.45) is 0 Å². The van der Waals surface area contributed by atoms with Crippen molar-refractivity contribution in [3.8, 4) is 5.75 Å². The zero-order valence-corrected chi connectivity index (χ0v) is 12.5. The van der Waals surface area contributed by atoms with Crippen molar-refractivity contribution in [3.63, 3.8) is 0 Å². The average Bonchev–Trinajstić information content (AvgIpc) is 2.39. The summed E-state index contributed by atoms with van der Waals surface area (Å²) in [6.07, 6.45) is 1.15. The number of ether oxygens (including phenoxy) is 1. The van der Waals surface area contributed by atoms with E-state index in [9.17, 15) is 0 Å². The van der Waals surface area contributed by atoms with Crippen LogP contribution < -0.4 is 4.74 Å². The van der Waals surface area contributed by atoms with E-state index in [-0.39, 0.29) is 5.41 Å². The summed E-state index contributed by atoms with van der Waals surface area (Å²) in [6.45, 7) is 7.47. The summed E-state index contributed by atoms with van der Waals surface area (Å²) in [5.41, 5.74) is 4.34. The standard InChI is InChI=1S/C19H22O/c1-19(2,3)17-10-6-7-11-18(17)20-13-15-12-14-8-4-5-9-16(14)15/h4-11,15H,12-13H2,1-3H3. The van der Waals surface area contributed by atoms with Crippen LogP contribution in [0.25, 0.3) is 0 Å². The lowest BCUT2D eigenvalue weighted by atomic mass is 9.78. The number of hydrogen-bond donors (Lipinski definition) is 0. The summed E-state index contributed by atoms with van der Waals surface area (Å²) in [5, 5.41) is 0. The highest BCUT2D eigenvalue weighted by molar-refractivity contribution is 5.41. The molecule has 2 aromatic rings. The molecule has 20 heavy (non-hydrogen) atoms. The molecule has 0 heterocycles. The highest BCUT2D eigenvalue weighted by Gasteiger charge is 2.26. The third kappa shape index (κ3) is 2.45. The average molecular weight is 266 g/mol. The van der Waals surface area contributed by atoms with E-state index in [1.165, 1.54) is 16.7 Å². The number of benzene rings is 2. The molecular formula is C19H22O. The van der Waals surface area contributed by atoms with Gasteiger partial charge in [-0.1, -0.05) is 63.2 Å². The van der Waals surface area contributed by atoms with Gasteiger partial charge in [0.25, 0.3) is 0 Å². The Labute approximate surface area is 121 Å². The van der Waals surface area contributed by atoms with E-state index in [0.717, 1.165) is 18.8 Å². The van der Waals surface area contributed by atoms with Crippen molar-refractivity contribution in [2.75, 3.05) is 6.61 Å². The second-order valence-corrected chi connectivity index (χ2v) is 6.66. The lowest BCUT2D eigenvalue weighted by Crippen LogP contribution is -2.24. The van der Waals surface area contributed by atoms with Crippen LogP contribution in [0.3, 0.4) is 0 Å². The summed E-state index contributed by atoms with van der Waals surface area (Å²) in [5.74, 6) is 1.59. The first kappa shape index (κ1) is 13.2. The van der Waals surface area contributed by atoms with Crippen molar-refractivity contribution in [1.29, 1.82) is 0 Å². The van der Waals surface area contributed by atoms with E-state index in [2.05, 4.69) is 69.3 Å². The van der Waals surface area contributed by atoms with Gasteiger partial charge < -0.3 is 4.74 Å². The minimum Gasteiger partial charge on any atom is -0.493 e. The van der Waals surface area contributed by atoms with Crippen LogP contribution in [0.2, 0.25) is 0 Å². The first-order valence-corrected chi connectivity index (χ1v) is 7.36. The lowest BCUT2D eigenvalue weighted by molar-refractivity contribution is 0.269. The smallest absolute Gasteiger partial charge is 0.123 e. The Bertz CT molecular complexity index is 607. The summed E-state index contributed by atoms with van der Waals surface area (Å²) in [6, 6.07) is 17.1. The monoisotopic (exact) mass is 266 g/mol. The van der Waals surface area contributed by atoms with Crippen LogP contribution in [0.15, 0.2) is 48.5 Å². The molecule has 2 aromatic carbocycles.